The van der Waals surface area contributed by atoms with Crippen LogP contribution in [0.4, 0.5) is 4.79 Å². The van der Waals surface area contributed by atoms with Crippen LogP contribution >= 0.6 is 0 Å². The lowest BCUT2D eigenvalue weighted by molar-refractivity contribution is 0.0924. The number of hydrogen-bond donors (Lipinski definition) is 1. The van der Waals surface area contributed by atoms with Crippen LogP contribution in [-0.4, -0.2) is 39.4 Å². The molecular weight excluding hydrogens is 444 g/mol. The third-order valence-corrected chi connectivity index (χ3v) is 6.21. The number of benzene rings is 1. The summed E-state index contributed by atoms with van der Waals surface area (Å²) in [4.78, 5) is 27.4. The molecular formula is C28H42N2O5. The highest BCUT2D eigenvalue weighted by Gasteiger charge is 2.31. The van der Waals surface area contributed by atoms with Gasteiger partial charge in [0.25, 0.3) is 5.56 Å². The number of aromatic nitrogens is 1. The summed E-state index contributed by atoms with van der Waals surface area (Å²) >= 11 is 0. The molecule has 1 heterocycles. The molecule has 0 bridgehead atoms. The molecule has 1 aliphatic carbocycles. The van der Waals surface area contributed by atoms with Gasteiger partial charge in [0.2, 0.25) is 0 Å². The summed E-state index contributed by atoms with van der Waals surface area (Å²) in [5, 5.41) is 11.3. The molecule has 194 valence electrons. The molecule has 7 nitrogen and oxygen atoms in total. The first-order valence-corrected chi connectivity index (χ1v) is 12.8. The van der Waals surface area contributed by atoms with Gasteiger partial charge < -0.3 is 19.1 Å². The SMILES string of the molecule is CCCCOc1c(CN(C(=O)O)C(C)(C)C)n(CC(C)(C)C)c(=O)c2ccc(OCC3CC3)cc12. The molecule has 2 aromatic rings. The molecule has 0 radical (unpaired) electrons. The molecule has 1 N–H and O–H groups in total. The van der Waals surface area contributed by atoms with Crippen LogP contribution in [0.2, 0.25) is 0 Å². The van der Waals surface area contributed by atoms with E-state index in [9.17, 15) is 14.7 Å². The Bertz CT molecular complexity index is 1100. The van der Waals surface area contributed by atoms with Crippen molar-refractivity contribution in [3.05, 3.63) is 34.2 Å². The molecule has 0 saturated heterocycles. The molecule has 1 aromatic heterocycles. The van der Waals surface area contributed by atoms with E-state index >= 15 is 0 Å². The van der Waals surface area contributed by atoms with Crippen molar-refractivity contribution in [3.63, 3.8) is 0 Å². The fourth-order valence-electron chi connectivity index (χ4n) is 4.05. The second-order valence-corrected chi connectivity index (χ2v) is 11.9. The zero-order valence-corrected chi connectivity index (χ0v) is 22.4. The lowest BCUT2D eigenvalue weighted by atomic mass is 9.96. The van der Waals surface area contributed by atoms with E-state index < -0.39 is 11.6 Å². The number of hydrogen-bond acceptors (Lipinski definition) is 4. The summed E-state index contributed by atoms with van der Waals surface area (Å²) in [5.41, 5.74) is -0.402. The van der Waals surface area contributed by atoms with E-state index in [2.05, 4.69) is 27.7 Å². The van der Waals surface area contributed by atoms with Crippen LogP contribution in [0.25, 0.3) is 10.8 Å². The van der Waals surface area contributed by atoms with E-state index in [0.29, 0.717) is 53.6 Å². The van der Waals surface area contributed by atoms with Gasteiger partial charge in [0, 0.05) is 17.5 Å². The first-order chi connectivity index (χ1) is 16.3. The summed E-state index contributed by atoms with van der Waals surface area (Å²) in [5.74, 6) is 1.89. The van der Waals surface area contributed by atoms with Crippen molar-refractivity contribution in [2.45, 2.75) is 92.8 Å². The molecule has 7 heteroatoms. The van der Waals surface area contributed by atoms with Crippen LogP contribution in [0.1, 0.15) is 79.8 Å². The first-order valence-electron chi connectivity index (χ1n) is 12.8. The number of carbonyl (C=O) groups is 1. The molecule has 3 rings (SSSR count). The zero-order chi connectivity index (χ0) is 26.0. The summed E-state index contributed by atoms with van der Waals surface area (Å²) in [6, 6.07) is 5.55. The quantitative estimate of drug-likeness (QED) is 0.399. The molecule has 1 aromatic carbocycles. The first kappa shape index (κ1) is 26.9. The van der Waals surface area contributed by atoms with Crippen molar-refractivity contribution in [1.82, 2.24) is 9.47 Å². The van der Waals surface area contributed by atoms with E-state index in [0.717, 1.165) is 12.8 Å². The highest BCUT2D eigenvalue weighted by atomic mass is 16.5. The van der Waals surface area contributed by atoms with Crippen molar-refractivity contribution in [2.75, 3.05) is 13.2 Å². The normalized spacial score (nSPS) is 14.3. The smallest absolute Gasteiger partial charge is 0.408 e. The van der Waals surface area contributed by atoms with E-state index in [-0.39, 0.29) is 17.5 Å². The van der Waals surface area contributed by atoms with Gasteiger partial charge in [-0.15, -0.1) is 0 Å². The van der Waals surface area contributed by atoms with Gasteiger partial charge in [-0.2, -0.15) is 0 Å². The van der Waals surface area contributed by atoms with Crippen LogP contribution in [0, 0.1) is 11.3 Å². The molecule has 0 atom stereocenters. The van der Waals surface area contributed by atoms with Crippen molar-refractivity contribution < 1.29 is 19.4 Å². The number of pyridine rings is 1. The van der Waals surface area contributed by atoms with E-state index in [1.165, 1.54) is 17.7 Å². The Balaban J connectivity index is 2.24. The van der Waals surface area contributed by atoms with Gasteiger partial charge in [0.1, 0.15) is 11.5 Å². The Kier molecular flexibility index (Phi) is 8.07. The van der Waals surface area contributed by atoms with Crippen LogP contribution in [-0.2, 0) is 13.1 Å². The summed E-state index contributed by atoms with van der Waals surface area (Å²) in [6.07, 6.45) is 3.18. The Hall–Kier alpha value is -2.70. The van der Waals surface area contributed by atoms with Crippen molar-refractivity contribution in [3.8, 4) is 11.5 Å². The van der Waals surface area contributed by atoms with Gasteiger partial charge in [-0.05, 0) is 69.6 Å². The maximum Gasteiger partial charge on any atom is 0.408 e. The summed E-state index contributed by atoms with van der Waals surface area (Å²) in [7, 11) is 0. The minimum absolute atomic E-state index is 0.0503. The van der Waals surface area contributed by atoms with Gasteiger partial charge in [-0.3, -0.25) is 9.69 Å². The second kappa shape index (κ2) is 10.5. The summed E-state index contributed by atoms with van der Waals surface area (Å²) < 4.78 is 14.1. The maximum atomic E-state index is 13.8. The van der Waals surface area contributed by atoms with E-state index in [1.54, 1.807) is 4.57 Å². The Labute approximate surface area is 209 Å². The Morgan fingerprint density at radius 2 is 1.80 bits per heavy atom. The van der Waals surface area contributed by atoms with Crippen molar-refractivity contribution in [1.29, 1.82) is 0 Å². The average Bonchev–Trinajstić information content (AvgIpc) is 3.57. The van der Waals surface area contributed by atoms with E-state index in [1.807, 2.05) is 39.0 Å². The van der Waals surface area contributed by atoms with Gasteiger partial charge >= 0.3 is 6.09 Å². The van der Waals surface area contributed by atoms with Crippen LogP contribution in [0.5, 0.6) is 11.5 Å². The number of ether oxygens (including phenoxy) is 2. The zero-order valence-electron chi connectivity index (χ0n) is 22.4. The predicted octanol–water partition coefficient (Wildman–Crippen LogP) is 6.29. The predicted molar refractivity (Wildman–Crippen MR) is 140 cm³/mol. The number of nitrogens with zero attached hydrogens (tertiary/aromatic N) is 2. The van der Waals surface area contributed by atoms with Crippen LogP contribution < -0.4 is 15.0 Å². The maximum absolute atomic E-state index is 13.8. The molecule has 1 aliphatic rings. The van der Waals surface area contributed by atoms with Crippen molar-refractivity contribution in [2.24, 2.45) is 11.3 Å². The number of fused-ring (bicyclic) bond motifs is 1. The largest absolute Gasteiger partial charge is 0.493 e. The Morgan fingerprint density at radius 1 is 1.11 bits per heavy atom. The molecule has 1 saturated carbocycles. The second-order valence-electron chi connectivity index (χ2n) is 11.9. The van der Waals surface area contributed by atoms with Gasteiger partial charge in [-0.25, -0.2) is 4.79 Å². The minimum atomic E-state index is -1.03. The molecule has 1 fully saturated rings. The van der Waals surface area contributed by atoms with Gasteiger partial charge in [0.15, 0.2) is 0 Å². The molecule has 0 aliphatic heterocycles. The van der Waals surface area contributed by atoms with Crippen LogP contribution in [0.3, 0.4) is 0 Å². The lowest BCUT2D eigenvalue weighted by Gasteiger charge is -2.35. The number of rotatable bonds is 10. The molecule has 0 unspecified atom stereocenters. The fourth-order valence-corrected chi connectivity index (χ4v) is 4.05. The highest BCUT2D eigenvalue weighted by Crippen LogP contribution is 2.35. The fraction of sp³-hybridized carbons (Fsp3) is 0.643. The number of carboxylic acid groups (broad SMARTS) is 1. The standard InChI is InChI=1S/C28H42N2O5/c1-8-9-14-34-24-22-15-20(35-17-19-10-11-19)12-13-21(22)25(31)29(18-27(2,3)4)23(24)16-30(26(32)33)28(5,6)7/h12-13,15,19H,8-11,14,16-18H2,1-7H3,(H,32,33). The third kappa shape index (κ3) is 6.92. The molecule has 1 amide bonds. The minimum Gasteiger partial charge on any atom is -0.493 e. The van der Waals surface area contributed by atoms with E-state index in [4.69, 9.17) is 9.47 Å². The number of unbranched alkanes of at least 4 members (excludes halogenated alkanes) is 1. The Morgan fingerprint density at radius 3 is 2.34 bits per heavy atom. The highest BCUT2D eigenvalue weighted by molar-refractivity contribution is 5.90. The summed E-state index contributed by atoms with van der Waals surface area (Å²) in [6.45, 7) is 15.5. The van der Waals surface area contributed by atoms with Crippen molar-refractivity contribution >= 4 is 16.9 Å². The number of amides is 1. The average molecular weight is 487 g/mol. The van der Waals surface area contributed by atoms with Crippen LogP contribution in [0.15, 0.2) is 23.0 Å². The van der Waals surface area contributed by atoms with Gasteiger partial charge in [0.05, 0.1) is 30.8 Å². The topological polar surface area (TPSA) is 81.0 Å². The molecule has 35 heavy (non-hydrogen) atoms. The third-order valence-electron chi connectivity index (χ3n) is 6.21. The van der Waals surface area contributed by atoms with Gasteiger partial charge in [-0.1, -0.05) is 34.1 Å². The lowest BCUT2D eigenvalue weighted by Crippen LogP contribution is -2.45. The monoisotopic (exact) mass is 486 g/mol. The molecule has 0 spiro atoms.